The summed E-state index contributed by atoms with van der Waals surface area (Å²) in [5.74, 6) is 2.39. The van der Waals surface area contributed by atoms with Crippen LogP contribution in [0.5, 0.6) is 0 Å². The number of halogens is 2. The lowest BCUT2D eigenvalue weighted by molar-refractivity contribution is -0.114. The van der Waals surface area contributed by atoms with Crippen molar-refractivity contribution in [1.82, 2.24) is 15.5 Å². The Balaban J connectivity index is 0.00000131. The van der Waals surface area contributed by atoms with Crippen molar-refractivity contribution in [2.24, 2.45) is 11.8 Å². The molecule has 4 rings (SSSR count). The number of nitrogens with one attached hydrogen (secondary N) is 3. The van der Waals surface area contributed by atoms with Gasteiger partial charge in [-0.25, -0.2) is 0 Å². The van der Waals surface area contributed by atoms with Crippen LogP contribution in [-0.4, -0.2) is 35.2 Å². The van der Waals surface area contributed by atoms with Gasteiger partial charge in [-0.3, -0.25) is 4.79 Å². The fourth-order valence-electron chi connectivity index (χ4n) is 3.98. The largest absolute Gasteiger partial charge is 0.366 e. The Morgan fingerprint density at radius 2 is 1.67 bits per heavy atom. The molecule has 2 fully saturated rings. The third-order valence-corrected chi connectivity index (χ3v) is 5.17. The average molecular weight is 410 g/mol. The van der Waals surface area contributed by atoms with Crippen LogP contribution in [0.15, 0.2) is 36.4 Å². The van der Waals surface area contributed by atoms with Gasteiger partial charge in [0.15, 0.2) is 0 Å². The smallest absolute Gasteiger partial charge is 0.221 e. The van der Waals surface area contributed by atoms with Crippen LogP contribution in [0.3, 0.4) is 0 Å². The molecule has 146 valence electrons. The Morgan fingerprint density at radius 1 is 1.00 bits per heavy atom. The van der Waals surface area contributed by atoms with Gasteiger partial charge in [0.1, 0.15) is 5.82 Å². The first kappa shape index (κ1) is 21.4. The van der Waals surface area contributed by atoms with Crippen LogP contribution < -0.4 is 16.0 Å². The molecule has 27 heavy (non-hydrogen) atoms. The van der Waals surface area contributed by atoms with Gasteiger partial charge in [-0.2, -0.15) is 0 Å². The van der Waals surface area contributed by atoms with Crippen molar-refractivity contribution in [2.45, 2.75) is 25.8 Å². The van der Waals surface area contributed by atoms with Crippen LogP contribution in [0.4, 0.5) is 11.5 Å². The van der Waals surface area contributed by atoms with Crippen LogP contribution in [0.2, 0.25) is 0 Å². The molecular weight excluding hydrogens is 385 g/mol. The van der Waals surface area contributed by atoms with E-state index in [4.69, 9.17) is 0 Å². The number of fused-ring (bicyclic) bond motifs is 1. The van der Waals surface area contributed by atoms with Crippen LogP contribution in [0.1, 0.15) is 19.8 Å². The molecule has 0 radical (unpaired) electrons. The molecule has 1 aliphatic heterocycles. The van der Waals surface area contributed by atoms with Gasteiger partial charge >= 0.3 is 0 Å². The maximum Gasteiger partial charge on any atom is 0.221 e. The number of aromatic nitrogens is 2. The van der Waals surface area contributed by atoms with E-state index in [0.29, 0.717) is 6.04 Å². The second-order valence-corrected chi connectivity index (χ2v) is 7.05. The standard InChI is InChI=1S/C19H23N5O.2ClH/c1-12(25)21-16-4-2-13(3-5-16)18-6-7-19(24-23-18)22-17-8-14-10-20-11-15(14)9-17;;/h2-7,14-15,17,20H,8-11H2,1H3,(H,21,25)(H,22,24);2*1H/t14-,15+,17+;;. The highest BCUT2D eigenvalue weighted by Gasteiger charge is 2.37. The van der Waals surface area contributed by atoms with Crippen molar-refractivity contribution in [3.05, 3.63) is 36.4 Å². The van der Waals surface area contributed by atoms with E-state index in [1.807, 2.05) is 36.4 Å². The summed E-state index contributed by atoms with van der Waals surface area (Å²) in [5, 5.41) is 18.4. The molecule has 1 saturated carbocycles. The maximum atomic E-state index is 11.1. The zero-order valence-electron chi connectivity index (χ0n) is 15.1. The minimum absolute atomic E-state index is 0. The van der Waals surface area contributed by atoms with E-state index in [-0.39, 0.29) is 30.7 Å². The maximum absolute atomic E-state index is 11.1. The summed E-state index contributed by atoms with van der Waals surface area (Å²) in [4.78, 5) is 11.1. The van der Waals surface area contributed by atoms with E-state index in [2.05, 4.69) is 26.1 Å². The first-order valence-corrected chi connectivity index (χ1v) is 8.86. The van der Waals surface area contributed by atoms with Gasteiger partial charge in [-0.15, -0.1) is 35.0 Å². The van der Waals surface area contributed by atoms with E-state index in [9.17, 15) is 4.79 Å². The Morgan fingerprint density at radius 3 is 2.22 bits per heavy atom. The summed E-state index contributed by atoms with van der Waals surface area (Å²) < 4.78 is 0. The molecule has 0 bridgehead atoms. The molecule has 1 aliphatic carbocycles. The van der Waals surface area contributed by atoms with Crippen molar-refractivity contribution in [3.63, 3.8) is 0 Å². The third kappa shape index (κ3) is 5.09. The van der Waals surface area contributed by atoms with Crippen LogP contribution >= 0.6 is 24.8 Å². The van der Waals surface area contributed by atoms with Gasteiger partial charge in [0.2, 0.25) is 5.91 Å². The summed E-state index contributed by atoms with van der Waals surface area (Å²) in [6.45, 7) is 3.81. The first-order chi connectivity index (χ1) is 12.2. The summed E-state index contributed by atoms with van der Waals surface area (Å²) in [7, 11) is 0. The van der Waals surface area contributed by atoms with Gasteiger partial charge in [0.25, 0.3) is 0 Å². The van der Waals surface area contributed by atoms with E-state index in [1.165, 1.54) is 19.8 Å². The Kier molecular flexibility index (Phi) is 7.41. The molecule has 1 saturated heterocycles. The molecule has 0 spiro atoms. The number of nitrogens with zero attached hydrogens (tertiary/aromatic N) is 2. The molecule has 0 unspecified atom stereocenters. The van der Waals surface area contributed by atoms with Gasteiger partial charge in [-0.05, 0) is 62.0 Å². The number of hydrogen-bond acceptors (Lipinski definition) is 5. The molecule has 2 aliphatic rings. The lowest BCUT2D eigenvalue weighted by Gasteiger charge is -2.14. The Hall–Kier alpha value is -1.89. The highest BCUT2D eigenvalue weighted by molar-refractivity contribution is 5.88. The topological polar surface area (TPSA) is 78.9 Å². The molecular formula is C19H25Cl2N5O. The minimum Gasteiger partial charge on any atom is -0.366 e. The number of anilines is 2. The summed E-state index contributed by atoms with van der Waals surface area (Å²) in [5.41, 5.74) is 2.59. The molecule has 1 aromatic carbocycles. The Bertz CT molecular complexity index is 742. The van der Waals surface area contributed by atoms with Crippen molar-refractivity contribution < 1.29 is 4.79 Å². The normalized spacial score (nSPS) is 22.9. The molecule has 3 atom stereocenters. The van der Waals surface area contributed by atoms with Crippen LogP contribution in [-0.2, 0) is 4.79 Å². The molecule has 1 aromatic heterocycles. The molecule has 1 amide bonds. The lowest BCUT2D eigenvalue weighted by Crippen LogP contribution is -2.21. The quantitative estimate of drug-likeness (QED) is 0.721. The zero-order valence-corrected chi connectivity index (χ0v) is 16.8. The highest BCUT2D eigenvalue weighted by Crippen LogP contribution is 2.35. The second-order valence-electron chi connectivity index (χ2n) is 7.05. The monoisotopic (exact) mass is 409 g/mol. The van der Waals surface area contributed by atoms with E-state index >= 15 is 0 Å². The van der Waals surface area contributed by atoms with Crippen molar-refractivity contribution in [3.8, 4) is 11.3 Å². The fourth-order valence-corrected chi connectivity index (χ4v) is 3.98. The van der Waals surface area contributed by atoms with E-state index in [1.54, 1.807) is 0 Å². The van der Waals surface area contributed by atoms with Gasteiger partial charge in [0, 0.05) is 24.2 Å². The van der Waals surface area contributed by atoms with Gasteiger partial charge in [0.05, 0.1) is 5.69 Å². The minimum atomic E-state index is -0.0743. The SMILES string of the molecule is CC(=O)Nc1ccc(-c2ccc(N[C@@H]3C[C@H]4CNC[C@H]4C3)nn2)cc1.Cl.Cl. The van der Waals surface area contributed by atoms with E-state index in [0.717, 1.165) is 47.7 Å². The average Bonchev–Trinajstić information content (AvgIpc) is 3.17. The number of benzene rings is 1. The van der Waals surface area contributed by atoms with Gasteiger partial charge in [-0.1, -0.05) is 12.1 Å². The molecule has 6 nitrogen and oxygen atoms in total. The highest BCUT2D eigenvalue weighted by atomic mass is 35.5. The predicted molar refractivity (Wildman–Crippen MR) is 113 cm³/mol. The van der Waals surface area contributed by atoms with E-state index < -0.39 is 0 Å². The van der Waals surface area contributed by atoms with Crippen molar-refractivity contribution in [2.75, 3.05) is 23.7 Å². The summed E-state index contributed by atoms with van der Waals surface area (Å²) in [6.07, 6.45) is 2.43. The van der Waals surface area contributed by atoms with Crippen molar-refractivity contribution >= 4 is 42.2 Å². The van der Waals surface area contributed by atoms with Gasteiger partial charge < -0.3 is 16.0 Å². The second kappa shape index (κ2) is 9.35. The van der Waals surface area contributed by atoms with Crippen LogP contribution in [0.25, 0.3) is 11.3 Å². The number of carbonyl (C=O) groups excluding carboxylic acids is 1. The van der Waals surface area contributed by atoms with Crippen LogP contribution in [0, 0.1) is 11.8 Å². The first-order valence-electron chi connectivity index (χ1n) is 8.86. The Labute approximate surface area is 171 Å². The molecule has 2 aromatic rings. The zero-order chi connectivity index (χ0) is 17.2. The molecule has 3 N–H and O–H groups in total. The number of rotatable bonds is 4. The number of carbonyl (C=O) groups is 1. The summed E-state index contributed by atoms with van der Waals surface area (Å²) in [6, 6.07) is 12.1. The third-order valence-electron chi connectivity index (χ3n) is 5.17. The summed E-state index contributed by atoms with van der Waals surface area (Å²) >= 11 is 0. The lowest BCUT2D eigenvalue weighted by atomic mass is 10.0. The van der Waals surface area contributed by atoms with Crippen molar-refractivity contribution in [1.29, 1.82) is 0 Å². The molecule has 2 heterocycles. The predicted octanol–water partition coefficient (Wildman–Crippen LogP) is 3.36. The molecule has 8 heteroatoms. The number of hydrogen-bond donors (Lipinski definition) is 3. The fraction of sp³-hybridized carbons (Fsp3) is 0.421. The number of amides is 1.